The number of hydrogen-bond donors (Lipinski definition) is 0. The fourth-order valence-corrected chi connectivity index (χ4v) is 3.69. The highest BCUT2D eigenvalue weighted by Gasteiger charge is 2.49. The molecule has 0 unspecified atom stereocenters. The van der Waals surface area contributed by atoms with Gasteiger partial charge in [0.1, 0.15) is 6.61 Å². The molecule has 3 heteroatoms. The van der Waals surface area contributed by atoms with Gasteiger partial charge < -0.3 is 4.74 Å². The fraction of sp³-hybridized carbons (Fsp3) is 0.565. The van der Waals surface area contributed by atoms with E-state index in [4.69, 9.17) is 4.74 Å². The molecule has 2 rings (SSSR count). The van der Waals surface area contributed by atoms with Gasteiger partial charge in [0.15, 0.2) is 0 Å². The third kappa shape index (κ3) is 4.25. The summed E-state index contributed by atoms with van der Waals surface area (Å²) in [7, 11) is 0. The summed E-state index contributed by atoms with van der Waals surface area (Å²) >= 11 is 0. The molecule has 1 aliphatic carbocycles. The number of allylic oxidation sites excluding steroid dienone is 1. The summed E-state index contributed by atoms with van der Waals surface area (Å²) in [5.74, 6) is -0.801. The van der Waals surface area contributed by atoms with Crippen LogP contribution in [-0.2, 0) is 20.9 Å². The SMILES string of the molecule is C=C(C1CCCCC1)C(C)(C)C(C)(C)C(=O)C(=O)OCc1ccccc1. The van der Waals surface area contributed by atoms with Gasteiger partial charge in [0.2, 0.25) is 5.78 Å². The number of hydrogen-bond acceptors (Lipinski definition) is 3. The van der Waals surface area contributed by atoms with Crippen molar-refractivity contribution in [2.24, 2.45) is 16.7 Å². The van der Waals surface area contributed by atoms with Crippen LogP contribution in [0.25, 0.3) is 0 Å². The number of carbonyl (C=O) groups excluding carboxylic acids is 2. The number of benzene rings is 1. The maximum Gasteiger partial charge on any atom is 0.375 e. The molecule has 26 heavy (non-hydrogen) atoms. The largest absolute Gasteiger partial charge is 0.455 e. The highest BCUT2D eigenvalue weighted by Crippen LogP contribution is 2.49. The monoisotopic (exact) mass is 356 g/mol. The van der Waals surface area contributed by atoms with Gasteiger partial charge in [0.05, 0.1) is 0 Å². The van der Waals surface area contributed by atoms with E-state index in [1.54, 1.807) is 0 Å². The first kappa shape index (κ1) is 20.4. The molecule has 0 N–H and O–H groups in total. The molecule has 0 aliphatic heterocycles. The smallest absolute Gasteiger partial charge is 0.375 e. The van der Waals surface area contributed by atoms with Crippen molar-refractivity contribution in [3.8, 4) is 0 Å². The van der Waals surface area contributed by atoms with Crippen LogP contribution in [0.2, 0.25) is 0 Å². The van der Waals surface area contributed by atoms with Crippen LogP contribution in [0.3, 0.4) is 0 Å². The van der Waals surface area contributed by atoms with Crippen LogP contribution < -0.4 is 0 Å². The van der Waals surface area contributed by atoms with E-state index in [0.717, 1.165) is 24.0 Å². The van der Waals surface area contributed by atoms with Gasteiger partial charge in [-0.15, -0.1) is 0 Å². The fourth-order valence-electron chi connectivity index (χ4n) is 3.69. The number of ether oxygens (including phenoxy) is 1. The molecule has 0 aromatic heterocycles. The van der Waals surface area contributed by atoms with E-state index in [0.29, 0.717) is 5.92 Å². The van der Waals surface area contributed by atoms with Crippen molar-refractivity contribution < 1.29 is 14.3 Å². The second-order valence-electron chi connectivity index (χ2n) is 8.50. The molecule has 1 aromatic rings. The summed E-state index contributed by atoms with van der Waals surface area (Å²) in [4.78, 5) is 25.3. The van der Waals surface area contributed by atoms with E-state index in [9.17, 15) is 9.59 Å². The molecular weight excluding hydrogens is 324 g/mol. The summed E-state index contributed by atoms with van der Waals surface area (Å²) in [5, 5.41) is 0. The number of ketones is 1. The lowest BCUT2D eigenvalue weighted by molar-refractivity contribution is -0.161. The number of rotatable bonds is 7. The molecule has 1 aromatic carbocycles. The van der Waals surface area contributed by atoms with Crippen molar-refractivity contribution in [3.05, 3.63) is 48.0 Å². The normalized spacial score (nSPS) is 16.2. The first-order valence-corrected chi connectivity index (χ1v) is 9.62. The van der Waals surface area contributed by atoms with Crippen molar-refractivity contribution in [3.63, 3.8) is 0 Å². The first-order valence-electron chi connectivity index (χ1n) is 9.62. The molecule has 0 amide bonds. The molecule has 142 valence electrons. The van der Waals surface area contributed by atoms with Crippen LogP contribution in [-0.4, -0.2) is 11.8 Å². The number of esters is 1. The van der Waals surface area contributed by atoms with E-state index in [1.165, 1.54) is 19.3 Å². The highest BCUT2D eigenvalue weighted by molar-refractivity contribution is 6.35. The van der Waals surface area contributed by atoms with Crippen molar-refractivity contribution >= 4 is 11.8 Å². The van der Waals surface area contributed by atoms with Gasteiger partial charge in [-0.2, -0.15) is 0 Å². The van der Waals surface area contributed by atoms with Crippen LogP contribution in [0.1, 0.15) is 65.4 Å². The average Bonchev–Trinajstić information content (AvgIpc) is 2.66. The Balaban J connectivity index is 2.06. The Morgan fingerprint density at radius 3 is 2.15 bits per heavy atom. The molecule has 0 spiro atoms. The van der Waals surface area contributed by atoms with Crippen LogP contribution in [0.15, 0.2) is 42.5 Å². The molecule has 0 radical (unpaired) electrons. The van der Waals surface area contributed by atoms with Crippen molar-refractivity contribution in [1.29, 1.82) is 0 Å². The van der Waals surface area contributed by atoms with E-state index in [2.05, 4.69) is 6.58 Å². The molecule has 1 aliphatic rings. The highest BCUT2D eigenvalue weighted by atomic mass is 16.5. The van der Waals surface area contributed by atoms with Gasteiger partial charge in [-0.05, 0) is 29.7 Å². The molecule has 1 saturated carbocycles. The Kier molecular flexibility index (Phi) is 6.44. The number of carbonyl (C=O) groups is 2. The lowest BCUT2D eigenvalue weighted by Gasteiger charge is -2.44. The maximum absolute atomic E-state index is 12.9. The summed E-state index contributed by atoms with van der Waals surface area (Å²) in [6.07, 6.45) is 5.97. The quantitative estimate of drug-likeness (QED) is 0.369. The first-order chi connectivity index (χ1) is 12.2. The number of Topliss-reactive ketones (excluding diaryl/α,β-unsaturated/α-hetero) is 1. The zero-order valence-electron chi connectivity index (χ0n) is 16.6. The lowest BCUT2D eigenvalue weighted by atomic mass is 9.58. The Morgan fingerprint density at radius 1 is 1.00 bits per heavy atom. The van der Waals surface area contributed by atoms with E-state index in [1.807, 2.05) is 58.0 Å². The minimum atomic E-state index is -0.866. The van der Waals surface area contributed by atoms with Gasteiger partial charge in [-0.1, -0.05) is 89.4 Å². The predicted octanol–water partition coefficient (Wildman–Crippen LogP) is 5.49. The van der Waals surface area contributed by atoms with E-state index < -0.39 is 22.6 Å². The standard InChI is InChI=1S/C23H32O3/c1-17(19-14-10-7-11-15-19)22(2,3)23(4,5)20(24)21(25)26-16-18-12-8-6-9-13-18/h6,8-9,12-13,19H,1,7,10-11,14-16H2,2-5H3. The molecule has 0 bridgehead atoms. The van der Waals surface area contributed by atoms with Gasteiger partial charge in [0, 0.05) is 5.41 Å². The second kappa shape index (κ2) is 8.20. The zero-order valence-corrected chi connectivity index (χ0v) is 16.6. The summed E-state index contributed by atoms with van der Waals surface area (Å²) < 4.78 is 5.28. The minimum absolute atomic E-state index is 0.117. The van der Waals surface area contributed by atoms with E-state index >= 15 is 0 Å². The van der Waals surface area contributed by atoms with Crippen LogP contribution in [0.5, 0.6) is 0 Å². The second-order valence-corrected chi connectivity index (χ2v) is 8.50. The predicted molar refractivity (Wildman–Crippen MR) is 105 cm³/mol. The summed E-state index contributed by atoms with van der Waals surface area (Å²) in [6, 6.07) is 9.41. The van der Waals surface area contributed by atoms with Gasteiger partial charge in [-0.3, -0.25) is 4.79 Å². The maximum atomic E-state index is 12.9. The molecule has 0 heterocycles. The topological polar surface area (TPSA) is 43.4 Å². The molecule has 0 saturated heterocycles. The Morgan fingerprint density at radius 2 is 1.58 bits per heavy atom. The third-order valence-electron chi connectivity index (χ3n) is 6.43. The molecular formula is C23H32O3. The Bertz CT molecular complexity index is 649. The lowest BCUT2D eigenvalue weighted by Crippen LogP contribution is -2.46. The minimum Gasteiger partial charge on any atom is -0.455 e. The Labute approximate surface area is 157 Å². The molecule has 0 atom stereocenters. The summed E-state index contributed by atoms with van der Waals surface area (Å²) in [5.41, 5.74) is 0.622. The summed E-state index contributed by atoms with van der Waals surface area (Å²) in [6.45, 7) is 12.2. The van der Waals surface area contributed by atoms with Crippen LogP contribution in [0.4, 0.5) is 0 Å². The Hall–Kier alpha value is -1.90. The van der Waals surface area contributed by atoms with Crippen molar-refractivity contribution in [2.45, 2.75) is 66.4 Å². The molecule has 1 fully saturated rings. The molecule has 3 nitrogen and oxygen atoms in total. The van der Waals surface area contributed by atoms with Gasteiger partial charge in [-0.25, -0.2) is 4.79 Å². The van der Waals surface area contributed by atoms with Crippen molar-refractivity contribution in [2.75, 3.05) is 0 Å². The zero-order chi connectivity index (χ0) is 19.4. The van der Waals surface area contributed by atoms with Gasteiger partial charge in [0.25, 0.3) is 0 Å². The van der Waals surface area contributed by atoms with Crippen molar-refractivity contribution in [1.82, 2.24) is 0 Å². The van der Waals surface area contributed by atoms with Gasteiger partial charge >= 0.3 is 5.97 Å². The average molecular weight is 357 g/mol. The van der Waals surface area contributed by atoms with E-state index in [-0.39, 0.29) is 6.61 Å². The third-order valence-corrected chi connectivity index (χ3v) is 6.43. The van der Waals surface area contributed by atoms with Crippen LogP contribution in [0, 0.1) is 16.7 Å². The van der Waals surface area contributed by atoms with Crippen LogP contribution >= 0.6 is 0 Å².